The number of rotatable bonds is 7. The van der Waals surface area contributed by atoms with Crippen LogP contribution in [0.3, 0.4) is 0 Å². The van der Waals surface area contributed by atoms with E-state index < -0.39 is 26.7 Å². The molecular weight excluding hydrogens is 533 g/mol. The monoisotopic (exact) mass is 556 g/mol. The smallest absolute Gasteiger partial charge is 0.354 e. The number of benzene rings is 1. The van der Waals surface area contributed by atoms with Crippen molar-refractivity contribution in [3.63, 3.8) is 0 Å². The molecule has 0 atom stereocenters. The van der Waals surface area contributed by atoms with Gasteiger partial charge < -0.3 is 15.5 Å². The van der Waals surface area contributed by atoms with Gasteiger partial charge in [0.25, 0.3) is 10.0 Å². The number of sulfonamides is 1. The Labute approximate surface area is 222 Å². The average Bonchev–Trinajstić information content (AvgIpc) is 2.93. The van der Waals surface area contributed by atoms with E-state index >= 15 is 0 Å². The number of alkyl halides is 3. The molecule has 1 saturated heterocycles. The molecule has 0 saturated carbocycles. The van der Waals surface area contributed by atoms with E-state index in [-0.39, 0.29) is 11.5 Å². The molecule has 4 aromatic rings. The third-order valence-electron chi connectivity index (χ3n) is 5.85. The van der Waals surface area contributed by atoms with E-state index in [4.69, 9.17) is 0 Å². The van der Waals surface area contributed by atoms with Crippen LogP contribution in [0.25, 0.3) is 11.3 Å². The van der Waals surface area contributed by atoms with Gasteiger partial charge in [-0.1, -0.05) is 6.07 Å². The van der Waals surface area contributed by atoms with E-state index in [1.807, 2.05) is 6.07 Å². The summed E-state index contributed by atoms with van der Waals surface area (Å²) in [6.07, 6.45) is 1.40. The molecular formula is C25H23F3N8O2S. The second-order valence-electron chi connectivity index (χ2n) is 8.61. The standard InChI is InChI=1S/C25H23F3N8O2S/c26-25(27,28)18-2-1-3-20(13-18)39(37,38)35-19-14-21(33-22(15-19)34-23-16-30-6-7-31-23)17-4-5-32-24(12-17)36-10-8-29-9-11-36/h1-7,12-16,29H,8-11H2,(H2,31,33,34,35). The van der Waals surface area contributed by atoms with Gasteiger partial charge in [0.1, 0.15) is 17.5 Å². The summed E-state index contributed by atoms with van der Waals surface area (Å²) in [6, 6.07) is 10.1. The lowest BCUT2D eigenvalue weighted by Crippen LogP contribution is -2.43. The first-order chi connectivity index (χ1) is 18.7. The molecule has 3 aromatic heterocycles. The fourth-order valence-corrected chi connectivity index (χ4v) is 5.08. The van der Waals surface area contributed by atoms with Gasteiger partial charge in [0.05, 0.1) is 28.0 Å². The first-order valence-electron chi connectivity index (χ1n) is 11.8. The molecule has 1 aliphatic rings. The molecule has 1 aliphatic heterocycles. The molecule has 4 heterocycles. The minimum atomic E-state index is -4.69. The summed E-state index contributed by atoms with van der Waals surface area (Å²) in [7, 11) is -4.37. The maximum Gasteiger partial charge on any atom is 0.416 e. The molecule has 1 aromatic carbocycles. The second kappa shape index (κ2) is 10.8. The van der Waals surface area contributed by atoms with Gasteiger partial charge >= 0.3 is 6.18 Å². The normalized spacial score (nSPS) is 14.2. The molecule has 1 fully saturated rings. The van der Waals surface area contributed by atoms with Crippen molar-refractivity contribution in [2.75, 3.05) is 41.1 Å². The Balaban J connectivity index is 1.52. The summed E-state index contributed by atoms with van der Waals surface area (Å²) in [5.74, 6) is 1.36. The molecule has 0 unspecified atom stereocenters. The minimum absolute atomic E-state index is 0.0873. The highest BCUT2D eigenvalue weighted by molar-refractivity contribution is 7.92. The highest BCUT2D eigenvalue weighted by atomic mass is 32.2. The molecule has 0 spiro atoms. The quantitative estimate of drug-likeness (QED) is 0.311. The van der Waals surface area contributed by atoms with Gasteiger partial charge in [-0.3, -0.25) is 9.71 Å². The van der Waals surface area contributed by atoms with Crippen LogP contribution in [0.1, 0.15) is 5.56 Å². The van der Waals surface area contributed by atoms with Crippen molar-refractivity contribution in [3.05, 3.63) is 78.9 Å². The number of nitrogens with one attached hydrogen (secondary N) is 3. The molecule has 14 heteroatoms. The van der Waals surface area contributed by atoms with Crippen LogP contribution in [0.4, 0.5) is 36.3 Å². The largest absolute Gasteiger partial charge is 0.416 e. The maximum atomic E-state index is 13.2. The number of piperazine rings is 1. The Hall–Kier alpha value is -4.30. The number of nitrogens with zero attached hydrogens (tertiary/aromatic N) is 5. The Bertz CT molecular complexity index is 1560. The fourth-order valence-electron chi connectivity index (χ4n) is 3.99. The first-order valence-corrected chi connectivity index (χ1v) is 13.3. The van der Waals surface area contributed by atoms with Crippen molar-refractivity contribution in [1.82, 2.24) is 25.3 Å². The van der Waals surface area contributed by atoms with Crippen molar-refractivity contribution < 1.29 is 21.6 Å². The Morgan fingerprint density at radius 2 is 1.74 bits per heavy atom. The molecule has 10 nitrogen and oxygen atoms in total. The van der Waals surface area contributed by atoms with Crippen LogP contribution < -0.4 is 20.3 Å². The van der Waals surface area contributed by atoms with Crippen LogP contribution in [-0.2, 0) is 16.2 Å². The lowest BCUT2D eigenvalue weighted by molar-refractivity contribution is -0.137. The zero-order chi connectivity index (χ0) is 27.5. The lowest BCUT2D eigenvalue weighted by atomic mass is 10.1. The number of halogens is 3. The molecule has 3 N–H and O–H groups in total. The number of pyridine rings is 2. The van der Waals surface area contributed by atoms with Crippen molar-refractivity contribution in [3.8, 4) is 11.3 Å². The van der Waals surface area contributed by atoms with Gasteiger partial charge in [0.2, 0.25) is 0 Å². The van der Waals surface area contributed by atoms with E-state index in [1.54, 1.807) is 12.3 Å². The third kappa shape index (κ3) is 6.41. The summed E-state index contributed by atoms with van der Waals surface area (Å²) in [6.45, 7) is 3.20. The van der Waals surface area contributed by atoms with Crippen molar-refractivity contribution in [2.45, 2.75) is 11.1 Å². The van der Waals surface area contributed by atoms with E-state index in [0.717, 1.165) is 50.2 Å². The van der Waals surface area contributed by atoms with Gasteiger partial charge in [-0.2, -0.15) is 13.2 Å². The van der Waals surface area contributed by atoms with Gasteiger partial charge in [-0.05, 0) is 36.4 Å². The summed E-state index contributed by atoms with van der Waals surface area (Å²) in [4.78, 5) is 18.8. The molecule has 39 heavy (non-hydrogen) atoms. The predicted molar refractivity (Wildman–Crippen MR) is 140 cm³/mol. The van der Waals surface area contributed by atoms with Crippen molar-refractivity contribution in [2.24, 2.45) is 0 Å². The molecule has 0 aliphatic carbocycles. The SMILES string of the molecule is O=S(=O)(Nc1cc(Nc2cnccn2)nc(-c2ccnc(N3CCNCC3)c2)c1)c1cccc(C(F)(F)F)c1. The van der Waals surface area contributed by atoms with Gasteiger partial charge in [-0.25, -0.2) is 23.4 Å². The highest BCUT2D eigenvalue weighted by Gasteiger charge is 2.31. The number of hydrogen-bond donors (Lipinski definition) is 3. The number of anilines is 4. The van der Waals surface area contributed by atoms with E-state index in [2.05, 4.69) is 40.2 Å². The third-order valence-corrected chi connectivity index (χ3v) is 7.23. The average molecular weight is 557 g/mol. The minimum Gasteiger partial charge on any atom is -0.354 e. The number of hydrogen-bond acceptors (Lipinski definition) is 9. The molecule has 0 radical (unpaired) electrons. The van der Waals surface area contributed by atoms with Gasteiger partial charge in [-0.15, -0.1) is 0 Å². The van der Waals surface area contributed by atoms with Crippen LogP contribution in [0.5, 0.6) is 0 Å². The van der Waals surface area contributed by atoms with E-state index in [1.165, 1.54) is 30.7 Å². The summed E-state index contributed by atoms with van der Waals surface area (Å²) >= 11 is 0. The maximum absolute atomic E-state index is 13.2. The van der Waals surface area contributed by atoms with Crippen LogP contribution in [0, 0.1) is 0 Å². The number of aromatic nitrogens is 4. The van der Waals surface area contributed by atoms with Crippen LogP contribution in [0.2, 0.25) is 0 Å². The summed E-state index contributed by atoms with van der Waals surface area (Å²) < 4.78 is 68.2. The zero-order valence-electron chi connectivity index (χ0n) is 20.4. The summed E-state index contributed by atoms with van der Waals surface area (Å²) in [5, 5.41) is 6.27. The van der Waals surface area contributed by atoms with Crippen LogP contribution in [-0.4, -0.2) is 54.5 Å². The Kier molecular flexibility index (Phi) is 7.30. The lowest BCUT2D eigenvalue weighted by Gasteiger charge is -2.28. The Morgan fingerprint density at radius 1 is 0.923 bits per heavy atom. The molecule has 0 bridgehead atoms. The van der Waals surface area contributed by atoms with Gasteiger partial charge in [0, 0.05) is 56.4 Å². The fraction of sp³-hybridized carbons (Fsp3) is 0.200. The first kappa shape index (κ1) is 26.3. The summed E-state index contributed by atoms with van der Waals surface area (Å²) in [5.41, 5.74) is 0.0950. The van der Waals surface area contributed by atoms with Crippen LogP contribution in [0.15, 0.2) is 78.2 Å². The van der Waals surface area contributed by atoms with Crippen LogP contribution >= 0.6 is 0 Å². The predicted octanol–water partition coefficient (Wildman–Crippen LogP) is 3.91. The Morgan fingerprint density at radius 3 is 2.49 bits per heavy atom. The van der Waals surface area contributed by atoms with Crippen molar-refractivity contribution in [1.29, 1.82) is 0 Å². The topological polar surface area (TPSA) is 125 Å². The highest BCUT2D eigenvalue weighted by Crippen LogP contribution is 2.32. The molecule has 202 valence electrons. The molecule has 0 amide bonds. The van der Waals surface area contributed by atoms with E-state index in [9.17, 15) is 21.6 Å². The zero-order valence-corrected chi connectivity index (χ0v) is 21.2. The molecule has 5 rings (SSSR count). The van der Waals surface area contributed by atoms with E-state index in [0.29, 0.717) is 23.1 Å². The second-order valence-corrected chi connectivity index (χ2v) is 10.3. The van der Waals surface area contributed by atoms with Gasteiger partial charge in [0.15, 0.2) is 0 Å². The van der Waals surface area contributed by atoms with Crippen molar-refractivity contribution >= 4 is 33.2 Å².